The van der Waals surface area contributed by atoms with Crippen molar-refractivity contribution in [3.63, 3.8) is 0 Å². The van der Waals surface area contributed by atoms with Crippen LogP contribution in [-0.4, -0.2) is 39.6 Å². The number of carboxylic acid groups (broad SMARTS) is 1. The van der Waals surface area contributed by atoms with Gasteiger partial charge in [0.1, 0.15) is 12.3 Å². The number of carbonyl (C=O) groups excluding carboxylic acids is 1. The normalized spacial score (nSPS) is 19.8. The van der Waals surface area contributed by atoms with E-state index in [9.17, 15) is 9.59 Å². The number of likely N-dealkylation sites (tertiary alicyclic amines) is 1. The van der Waals surface area contributed by atoms with Crippen molar-refractivity contribution in [1.82, 2.24) is 10.1 Å². The molecule has 1 atom stereocenters. The maximum absolute atomic E-state index is 12.1. The second-order valence-corrected chi connectivity index (χ2v) is 4.54. The highest BCUT2D eigenvalue weighted by molar-refractivity contribution is 5.85. The molecule has 1 amide bonds. The Labute approximate surface area is 105 Å². The van der Waals surface area contributed by atoms with Gasteiger partial charge in [-0.15, -0.1) is 0 Å². The summed E-state index contributed by atoms with van der Waals surface area (Å²) in [5.74, 6) is -1.10. The molecule has 0 bridgehead atoms. The van der Waals surface area contributed by atoms with Crippen LogP contribution in [0.3, 0.4) is 0 Å². The summed E-state index contributed by atoms with van der Waals surface area (Å²) in [5.41, 5.74) is 1.39. The fraction of sp³-hybridized carbons (Fsp3) is 0.583. The molecule has 1 aromatic rings. The first-order valence-corrected chi connectivity index (χ1v) is 6.01. The number of aromatic nitrogens is 1. The van der Waals surface area contributed by atoms with Crippen LogP contribution in [0.1, 0.15) is 30.5 Å². The summed E-state index contributed by atoms with van der Waals surface area (Å²) in [6.07, 6.45) is 3.83. The molecule has 1 aliphatic rings. The smallest absolute Gasteiger partial charge is 0.326 e. The molecule has 6 heteroatoms. The topological polar surface area (TPSA) is 83.6 Å². The molecule has 1 N–H and O–H groups in total. The summed E-state index contributed by atoms with van der Waals surface area (Å²) in [5, 5.41) is 12.8. The van der Waals surface area contributed by atoms with Gasteiger partial charge in [0.05, 0.1) is 12.1 Å². The van der Waals surface area contributed by atoms with Crippen molar-refractivity contribution in [1.29, 1.82) is 0 Å². The molecule has 6 nitrogen and oxygen atoms in total. The van der Waals surface area contributed by atoms with Crippen molar-refractivity contribution in [2.75, 3.05) is 6.54 Å². The van der Waals surface area contributed by atoms with Gasteiger partial charge in [-0.3, -0.25) is 4.79 Å². The number of piperidine rings is 1. The number of nitrogens with zero attached hydrogens (tertiary/aromatic N) is 2. The highest BCUT2D eigenvalue weighted by Gasteiger charge is 2.32. The zero-order chi connectivity index (χ0) is 13.1. The molecule has 1 unspecified atom stereocenters. The maximum Gasteiger partial charge on any atom is 0.326 e. The Morgan fingerprint density at radius 3 is 2.94 bits per heavy atom. The van der Waals surface area contributed by atoms with Gasteiger partial charge in [-0.2, -0.15) is 0 Å². The average molecular weight is 252 g/mol. The zero-order valence-corrected chi connectivity index (χ0v) is 10.3. The molecule has 2 rings (SSSR count). The number of hydrogen-bond donors (Lipinski definition) is 1. The first-order chi connectivity index (χ1) is 8.59. The van der Waals surface area contributed by atoms with Crippen LogP contribution in [-0.2, 0) is 16.0 Å². The van der Waals surface area contributed by atoms with Crippen LogP contribution in [0, 0.1) is 6.92 Å². The van der Waals surface area contributed by atoms with E-state index in [4.69, 9.17) is 9.63 Å². The fourth-order valence-corrected chi connectivity index (χ4v) is 2.23. The van der Waals surface area contributed by atoms with Gasteiger partial charge >= 0.3 is 5.97 Å². The molecular formula is C12H16N2O4. The van der Waals surface area contributed by atoms with Crippen LogP contribution in [0.15, 0.2) is 10.8 Å². The first kappa shape index (κ1) is 12.6. The van der Waals surface area contributed by atoms with Crippen LogP contribution < -0.4 is 0 Å². The Morgan fingerprint density at radius 2 is 2.33 bits per heavy atom. The zero-order valence-electron chi connectivity index (χ0n) is 10.3. The summed E-state index contributed by atoms with van der Waals surface area (Å²) in [7, 11) is 0. The predicted octanol–water partition coefficient (Wildman–Crippen LogP) is 0.991. The van der Waals surface area contributed by atoms with Gasteiger partial charge in [-0.25, -0.2) is 4.79 Å². The number of aryl methyl sites for hydroxylation is 1. The molecule has 1 saturated heterocycles. The van der Waals surface area contributed by atoms with E-state index in [1.165, 1.54) is 11.2 Å². The number of aliphatic carboxylic acids is 1. The minimum absolute atomic E-state index is 0.152. The van der Waals surface area contributed by atoms with E-state index < -0.39 is 12.0 Å². The second-order valence-electron chi connectivity index (χ2n) is 4.54. The molecule has 18 heavy (non-hydrogen) atoms. The fourth-order valence-electron chi connectivity index (χ4n) is 2.23. The monoisotopic (exact) mass is 252 g/mol. The van der Waals surface area contributed by atoms with E-state index in [2.05, 4.69) is 5.16 Å². The molecule has 2 heterocycles. The molecular weight excluding hydrogens is 236 g/mol. The van der Waals surface area contributed by atoms with Crippen LogP contribution in [0.4, 0.5) is 0 Å². The van der Waals surface area contributed by atoms with Crippen LogP contribution in [0.5, 0.6) is 0 Å². The minimum Gasteiger partial charge on any atom is -0.480 e. The van der Waals surface area contributed by atoms with Gasteiger partial charge < -0.3 is 14.5 Å². The number of hydrogen-bond acceptors (Lipinski definition) is 4. The number of carbonyl (C=O) groups is 2. The van der Waals surface area contributed by atoms with Crippen molar-refractivity contribution in [3.8, 4) is 0 Å². The Hall–Kier alpha value is -1.85. The number of rotatable bonds is 3. The van der Waals surface area contributed by atoms with E-state index in [1.54, 1.807) is 6.92 Å². The third-order valence-corrected chi connectivity index (χ3v) is 3.30. The molecule has 1 aromatic heterocycles. The highest BCUT2D eigenvalue weighted by atomic mass is 16.5. The lowest BCUT2D eigenvalue weighted by molar-refractivity contribution is -0.151. The Bertz CT molecular complexity index is 455. The van der Waals surface area contributed by atoms with Crippen molar-refractivity contribution in [2.24, 2.45) is 0 Å². The SMILES string of the molecule is Cc1nocc1CC(=O)N1CCCCC1C(=O)O. The van der Waals surface area contributed by atoms with Crippen LogP contribution in [0.2, 0.25) is 0 Å². The molecule has 0 saturated carbocycles. The van der Waals surface area contributed by atoms with Gasteiger partial charge in [0, 0.05) is 12.1 Å². The molecule has 98 valence electrons. The third kappa shape index (κ3) is 2.52. The van der Waals surface area contributed by atoms with Crippen molar-refractivity contribution in [2.45, 2.75) is 38.6 Å². The Morgan fingerprint density at radius 1 is 1.56 bits per heavy atom. The maximum atomic E-state index is 12.1. The average Bonchev–Trinajstić information content (AvgIpc) is 2.75. The van der Waals surface area contributed by atoms with E-state index in [0.29, 0.717) is 18.7 Å². The van der Waals surface area contributed by atoms with Gasteiger partial charge in [0.2, 0.25) is 5.91 Å². The van der Waals surface area contributed by atoms with E-state index in [0.717, 1.165) is 18.4 Å². The summed E-state index contributed by atoms with van der Waals surface area (Å²) in [4.78, 5) is 24.7. The molecule has 0 spiro atoms. The van der Waals surface area contributed by atoms with Crippen molar-refractivity contribution in [3.05, 3.63) is 17.5 Å². The number of amides is 1. The quantitative estimate of drug-likeness (QED) is 0.867. The molecule has 0 radical (unpaired) electrons. The van der Waals surface area contributed by atoms with E-state index in [1.807, 2.05) is 0 Å². The van der Waals surface area contributed by atoms with Crippen LogP contribution >= 0.6 is 0 Å². The lowest BCUT2D eigenvalue weighted by Gasteiger charge is -2.32. The lowest BCUT2D eigenvalue weighted by atomic mass is 10.0. The van der Waals surface area contributed by atoms with E-state index >= 15 is 0 Å². The minimum atomic E-state index is -0.926. The second kappa shape index (κ2) is 5.20. The molecule has 0 aromatic carbocycles. The van der Waals surface area contributed by atoms with Gasteiger partial charge in [-0.05, 0) is 26.2 Å². The summed E-state index contributed by atoms with van der Waals surface area (Å²) < 4.78 is 4.77. The van der Waals surface area contributed by atoms with Crippen LogP contribution in [0.25, 0.3) is 0 Å². The largest absolute Gasteiger partial charge is 0.480 e. The third-order valence-electron chi connectivity index (χ3n) is 3.30. The molecule has 1 fully saturated rings. The molecule has 1 aliphatic heterocycles. The van der Waals surface area contributed by atoms with Crippen molar-refractivity contribution < 1.29 is 19.2 Å². The highest BCUT2D eigenvalue weighted by Crippen LogP contribution is 2.19. The first-order valence-electron chi connectivity index (χ1n) is 6.01. The van der Waals surface area contributed by atoms with E-state index in [-0.39, 0.29) is 12.3 Å². The van der Waals surface area contributed by atoms with Crippen molar-refractivity contribution >= 4 is 11.9 Å². The number of carboxylic acids is 1. The summed E-state index contributed by atoms with van der Waals surface area (Å²) >= 11 is 0. The Balaban J connectivity index is 2.07. The summed E-state index contributed by atoms with van der Waals surface area (Å²) in [6, 6.07) is -0.689. The van der Waals surface area contributed by atoms with Gasteiger partial charge in [0.25, 0.3) is 0 Å². The lowest BCUT2D eigenvalue weighted by Crippen LogP contribution is -2.48. The summed E-state index contributed by atoms with van der Waals surface area (Å²) in [6.45, 7) is 2.27. The predicted molar refractivity (Wildman–Crippen MR) is 61.9 cm³/mol. The van der Waals surface area contributed by atoms with Gasteiger partial charge in [-0.1, -0.05) is 5.16 Å². The Kier molecular flexibility index (Phi) is 3.64. The standard InChI is InChI=1S/C12H16N2O4/c1-8-9(7-18-13-8)6-11(15)14-5-3-2-4-10(14)12(16)17/h7,10H,2-6H2,1H3,(H,16,17). The molecule has 0 aliphatic carbocycles. The van der Waals surface area contributed by atoms with Gasteiger partial charge in [0.15, 0.2) is 0 Å².